The standard InChI is InChI=1S/C16H19N3O4/c20-14(9-19-7-3-1-2-4-16(19)22)17-11-5-6-13-12(8-11)18-15(21)10-23-13/h5-6,8H,1-4,7,9-10H2,(H,17,20)(H,18,21). The quantitative estimate of drug-likeness (QED) is 0.881. The molecule has 1 fully saturated rings. The van der Waals surface area contributed by atoms with Crippen molar-refractivity contribution in [3.63, 3.8) is 0 Å². The van der Waals surface area contributed by atoms with Crippen LogP contribution in [0, 0.1) is 0 Å². The Morgan fingerprint density at radius 3 is 3.00 bits per heavy atom. The van der Waals surface area contributed by atoms with Crippen molar-refractivity contribution >= 4 is 29.1 Å². The molecule has 2 heterocycles. The van der Waals surface area contributed by atoms with Gasteiger partial charge in [-0.2, -0.15) is 0 Å². The monoisotopic (exact) mass is 317 g/mol. The van der Waals surface area contributed by atoms with Crippen LogP contribution >= 0.6 is 0 Å². The highest BCUT2D eigenvalue weighted by molar-refractivity contribution is 5.98. The number of nitrogens with zero attached hydrogens (tertiary/aromatic N) is 1. The first-order valence-corrected chi connectivity index (χ1v) is 7.76. The van der Waals surface area contributed by atoms with Gasteiger partial charge in [0.25, 0.3) is 5.91 Å². The molecule has 0 aromatic heterocycles. The van der Waals surface area contributed by atoms with Gasteiger partial charge in [0.2, 0.25) is 11.8 Å². The average Bonchev–Trinajstić information content (AvgIpc) is 2.72. The normalized spacial score (nSPS) is 17.7. The minimum Gasteiger partial charge on any atom is -0.482 e. The molecule has 0 atom stereocenters. The zero-order valence-corrected chi connectivity index (χ0v) is 12.8. The molecule has 0 spiro atoms. The van der Waals surface area contributed by atoms with Crippen LogP contribution in [0.2, 0.25) is 0 Å². The zero-order chi connectivity index (χ0) is 16.2. The van der Waals surface area contributed by atoms with Crippen LogP contribution in [0.1, 0.15) is 25.7 Å². The number of likely N-dealkylation sites (tertiary alicyclic amines) is 1. The van der Waals surface area contributed by atoms with Crippen LogP contribution in [0.3, 0.4) is 0 Å². The molecule has 7 heteroatoms. The Morgan fingerprint density at radius 2 is 2.13 bits per heavy atom. The van der Waals surface area contributed by atoms with E-state index in [9.17, 15) is 14.4 Å². The number of benzene rings is 1. The van der Waals surface area contributed by atoms with Crippen molar-refractivity contribution in [1.82, 2.24) is 4.90 Å². The van der Waals surface area contributed by atoms with Crippen LogP contribution < -0.4 is 15.4 Å². The van der Waals surface area contributed by atoms with E-state index >= 15 is 0 Å². The number of rotatable bonds is 3. The lowest BCUT2D eigenvalue weighted by Gasteiger charge is -2.21. The van der Waals surface area contributed by atoms with Gasteiger partial charge in [0, 0.05) is 18.7 Å². The van der Waals surface area contributed by atoms with Crippen LogP contribution in [0.25, 0.3) is 0 Å². The minimum absolute atomic E-state index is 0.00419. The van der Waals surface area contributed by atoms with E-state index in [0.29, 0.717) is 30.1 Å². The van der Waals surface area contributed by atoms with E-state index < -0.39 is 0 Å². The maximum Gasteiger partial charge on any atom is 0.262 e. The molecule has 3 rings (SSSR count). The molecule has 0 aliphatic carbocycles. The number of anilines is 2. The van der Waals surface area contributed by atoms with Crippen molar-refractivity contribution in [2.75, 3.05) is 30.3 Å². The molecule has 23 heavy (non-hydrogen) atoms. The van der Waals surface area contributed by atoms with Gasteiger partial charge in [-0.3, -0.25) is 14.4 Å². The Bertz CT molecular complexity index is 644. The lowest BCUT2D eigenvalue weighted by molar-refractivity contribution is -0.134. The molecule has 3 amide bonds. The molecule has 0 radical (unpaired) electrons. The molecule has 1 aromatic rings. The number of amides is 3. The van der Waals surface area contributed by atoms with Gasteiger partial charge in [-0.15, -0.1) is 0 Å². The molecule has 0 saturated carbocycles. The summed E-state index contributed by atoms with van der Waals surface area (Å²) in [6.45, 7) is 0.675. The van der Waals surface area contributed by atoms with Gasteiger partial charge < -0.3 is 20.3 Å². The lowest BCUT2D eigenvalue weighted by atomic mass is 10.2. The zero-order valence-electron chi connectivity index (χ0n) is 12.8. The van der Waals surface area contributed by atoms with Crippen molar-refractivity contribution in [3.8, 4) is 5.75 Å². The van der Waals surface area contributed by atoms with Gasteiger partial charge in [-0.1, -0.05) is 6.42 Å². The Kier molecular flexibility index (Phi) is 4.45. The largest absolute Gasteiger partial charge is 0.482 e. The lowest BCUT2D eigenvalue weighted by Crippen LogP contribution is -2.37. The van der Waals surface area contributed by atoms with E-state index in [2.05, 4.69) is 10.6 Å². The third-order valence-electron chi connectivity index (χ3n) is 3.90. The molecule has 1 aromatic carbocycles. The summed E-state index contributed by atoms with van der Waals surface area (Å²) in [5.74, 6) is 0.133. The fourth-order valence-corrected chi connectivity index (χ4v) is 2.74. The molecule has 2 N–H and O–H groups in total. The number of nitrogens with one attached hydrogen (secondary N) is 2. The Morgan fingerprint density at radius 1 is 1.26 bits per heavy atom. The molecule has 122 valence electrons. The highest BCUT2D eigenvalue weighted by Crippen LogP contribution is 2.30. The first-order valence-electron chi connectivity index (χ1n) is 7.76. The van der Waals surface area contributed by atoms with Gasteiger partial charge in [0.15, 0.2) is 6.61 Å². The second kappa shape index (κ2) is 6.68. The van der Waals surface area contributed by atoms with Gasteiger partial charge in [-0.05, 0) is 31.0 Å². The van der Waals surface area contributed by atoms with Crippen molar-refractivity contribution < 1.29 is 19.1 Å². The van der Waals surface area contributed by atoms with Crippen molar-refractivity contribution in [3.05, 3.63) is 18.2 Å². The SMILES string of the molecule is O=C(CN1CCCCCC1=O)Nc1ccc2c(c1)NC(=O)CO2. The average molecular weight is 317 g/mol. The van der Waals surface area contributed by atoms with E-state index in [-0.39, 0.29) is 30.9 Å². The van der Waals surface area contributed by atoms with Crippen LogP contribution in [0.4, 0.5) is 11.4 Å². The Balaban J connectivity index is 1.62. The number of carbonyl (C=O) groups is 3. The van der Waals surface area contributed by atoms with Crippen LogP contribution in [-0.2, 0) is 14.4 Å². The van der Waals surface area contributed by atoms with E-state index in [1.807, 2.05) is 0 Å². The Hall–Kier alpha value is -2.57. The Labute approximate surface area is 134 Å². The van der Waals surface area contributed by atoms with Crippen molar-refractivity contribution in [1.29, 1.82) is 0 Å². The number of hydrogen-bond acceptors (Lipinski definition) is 4. The van der Waals surface area contributed by atoms with Crippen molar-refractivity contribution in [2.24, 2.45) is 0 Å². The molecule has 2 aliphatic rings. The number of ether oxygens (including phenoxy) is 1. The van der Waals surface area contributed by atoms with Crippen LogP contribution in [0.5, 0.6) is 5.75 Å². The third kappa shape index (κ3) is 3.80. The maximum atomic E-state index is 12.1. The number of carbonyl (C=O) groups excluding carboxylic acids is 3. The minimum atomic E-state index is -0.247. The van der Waals surface area contributed by atoms with E-state index in [1.54, 1.807) is 23.1 Å². The molecular formula is C16H19N3O4. The number of hydrogen-bond donors (Lipinski definition) is 2. The highest BCUT2D eigenvalue weighted by Gasteiger charge is 2.20. The second-order valence-corrected chi connectivity index (χ2v) is 5.72. The van der Waals surface area contributed by atoms with E-state index in [4.69, 9.17) is 4.74 Å². The summed E-state index contributed by atoms with van der Waals surface area (Å²) in [6, 6.07) is 5.05. The predicted molar refractivity (Wildman–Crippen MR) is 84.2 cm³/mol. The highest BCUT2D eigenvalue weighted by atomic mass is 16.5. The van der Waals surface area contributed by atoms with Gasteiger partial charge >= 0.3 is 0 Å². The molecule has 0 bridgehead atoms. The predicted octanol–water partition coefficient (Wildman–Crippen LogP) is 1.36. The summed E-state index contributed by atoms with van der Waals surface area (Å²) < 4.78 is 5.27. The summed E-state index contributed by atoms with van der Waals surface area (Å²) in [4.78, 5) is 37.0. The third-order valence-corrected chi connectivity index (χ3v) is 3.90. The summed E-state index contributed by atoms with van der Waals surface area (Å²) in [5.41, 5.74) is 1.09. The van der Waals surface area contributed by atoms with Crippen LogP contribution in [0.15, 0.2) is 18.2 Å². The van der Waals surface area contributed by atoms with Gasteiger partial charge in [-0.25, -0.2) is 0 Å². The van der Waals surface area contributed by atoms with E-state index in [1.165, 1.54) is 0 Å². The van der Waals surface area contributed by atoms with Gasteiger partial charge in [0.1, 0.15) is 5.75 Å². The van der Waals surface area contributed by atoms with Crippen molar-refractivity contribution in [2.45, 2.75) is 25.7 Å². The molecule has 1 saturated heterocycles. The maximum absolute atomic E-state index is 12.1. The first kappa shape index (κ1) is 15.3. The van der Waals surface area contributed by atoms with Crippen LogP contribution in [-0.4, -0.2) is 42.3 Å². The summed E-state index contributed by atoms with van der Waals surface area (Å²) in [6.07, 6.45) is 3.35. The summed E-state index contributed by atoms with van der Waals surface area (Å²) >= 11 is 0. The molecule has 7 nitrogen and oxygen atoms in total. The summed E-state index contributed by atoms with van der Waals surface area (Å²) in [5, 5.41) is 5.45. The fourth-order valence-electron chi connectivity index (χ4n) is 2.74. The van der Waals surface area contributed by atoms with Gasteiger partial charge in [0.05, 0.1) is 12.2 Å². The first-order chi connectivity index (χ1) is 11.1. The molecule has 0 unspecified atom stereocenters. The smallest absolute Gasteiger partial charge is 0.262 e. The second-order valence-electron chi connectivity index (χ2n) is 5.72. The van der Waals surface area contributed by atoms with E-state index in [0.717, 1.165) is 19.3 Å². The summed E-state index contributed by atoms with van der Waals surface area (Å²) in [7, 11) is 0. The number of fused-ring (bicyclic) bond motifs is 1. The molecular weight excluding hydrogens is 298 g/mol. The topological polar surface area (TPSA) is 87.7 Å². The molecule has 2 aliphatic heterocycles. The fraction of sp³-hybridized carbons (Fsp3) is 0.438.